The summed E-state index contributed by atoms with van der Waals surface area (Å²) in [6.45, 7) is 5.06. The van der Waals surface area contributed by atoms with Gasteiger partial charge in [0, 0.05) is 32.1 Å². The second-order valence-corrected chi connectivity index (χ2v) is 5.55. The van der Waals surface area contributed by atoms with Crippen molar-refractivity contribution >= 4 is 6.03 Å². The minimum absolute atomic E-state index is 0.103. The van der Waals surface area contributed by atoms with Crippen LogP contribution in [-0.4, -0.2) is 34.6 Å². The number of carbonyl (C=O) groups excluding carboxylic acids is 1. The number of aromatic nitrogens is 2. The molecule has 0 bridgehead atoms. The number of ether oxygens (including phenoxy) is 1. The van der Waals surface area contributed by atoms with E-state index in [9.17, 15) is 4.79 Å². The number of hydrogen-bond acceptors (Lipinski definition) is 4. The molecule has 24 heavy (non-hydrogen) atoms. The number of pyridine rings is 2. The third-order valence-corrected chi connectivity index (χ3v) is 3.71. The summed E-state index contributed by atoms with van der Waals surface area (Å²) in [5.41, 5.74) is 1.78. The third kappa shape index (κ3) is 4.94. The molecular weight excluding hydrogens is 304 g/mol. The van der Waals surface area contributed by atoms with Crippen LogP contribution in [0.2, 0.25) is 0 Å². The number of hydrogen-bond donors (Lipinski definition) is 1. The van der Waals surface area contributed by atoms with Gasteiger partial charge in [-0.15, -0.1) is 0 Å². The Labute approximate surface area is 142 Å². The van der Waals surface area contributed by atoms with Crippen LogP contribution in [0.5, 0.6) is 5.88 Å². The largest absolute Gasteiger partial charge is 0.478 e. The number of rotatable bonds is 7. The minimum atomic E-state index is -0.153. The molecule has 1 atom stereocenters. The highest BCUT2D eigenvalue weighted by Crippen LogP contribution is 2.16. The maximum Gasteiger partial charge on any atom is 0.317 e. The highest BCUT2D eigenvalue weighted by Gasteiger charge is 2.17. The van der Waals surface area contributed by atoms with Crippen molar-refractivity contribution in [1.82, 2.24) is 20.2 Å². The van der Waals surface area contributed by atoms with E-state index in [1.807, 2.05) is 44.2 Å². The quantitative estimate of drug-likeness (QED) is 0.848. The average Bonchev–Trinajstić information content (AvgIpc) is 2.64. The van der Waals surface area contributed by atoms with Crippen molar-refractivity contribution in [1.29, 1.82) is 0 Å². The molecule has 6 heteroatoms. The maximum absolute atomic E-state index is 12.3. The van der Waals surface area contributed by atoms with Crippen LogP contribution in [0, 0.1) is 0 Å². The van der Waals surface area contributed by atoms with Gasteiger partial charge in [-0.05, 0) is 31.0 Å². The lowest BCUT2D eigenvalue weighted by molar-refractivity contribution is 0.193. The van der Waals surface area contributed by atoms with E-state index in [0.29, 0.717) is 19.0 Å². The first-order valence-electron chi connectivity index (χ1n) is 8.11. The molecule has 0 aliphatic rings. The van der Waals surface area contributed by atoms with Gasteiger partial charge in [0.1, 0.15) is 0 Å². The molecule has 0 fully saturated rings. The van der Waals surface area contributed by atoms with Crippen molar-refractivity contribution in [3.05, 3.63) is 54.0 Å². The van der Waals surface area contributed by atoms with Crippen LogP contribution < -0.4 is 10.1 Å². The minimum Gasteiger partial charge on any atom is -0.478 e. The highest BCUT2D eigenvalue weighted by atomic mass is 16.5. The van der Waals surface area contributed by atoms with Crippen LogP contribution >= 0.6 is 0 Å². The molecule has 2 rings (SSSR count). The predicted molar refractivity (Wildman–Crippen MR) is 92.7 cm³/mol. The Morgan fingerprint density at radius 2 is 2.12 bits per heavy atom. The summed E-state index contributed by atoms with van der Waals surface area (Å²) in [6, 6.07) is 9.15. The lowest BCUT2D eigenvalue weighted by Crippen LogP contribution is -2.38. The lowest BCUT2D eigenvalue weighted by Gasteiger charge is -2.24. The van der Waals surface area contributed by atoms with Gasteiger partial charge in [-0.2, -0.15) is 0 Å². The number of carbonyl (C=O) groups is 1. The van der Waals surface area contributed by atoms with E-state index in [1.54, 1.807) is 24.3 Å². The van der Waals surface area contributed by atoms with Crippen LogP contribution in [0.1, 0.15) is 37.6 Å². The molecule has 0 aliphatic heterocycles. The van der Waals surface area contributed by atoms with Gasteiger partial charge in [-0.25, -0.2) is 9.78 Å². The molecule has 0 radical (unpaired) electrons. The zero-order valence-corrected chi connectivity index (χ0v) is 14.4. The standard InChI is InChI=1S/C18H24N4O2/c1-4-11-24-17-9-8-15(12-20-17)13-21-18(23)22(3)14(2)16-7-5-6-10-19-16/h5-10,12,14H,4,11,13H2,1-3H3,(H,21,23). The van der Waals surface area contributed by atoms with Gasteiger partial charge in [-0.1, -0.05) is 19.1 Å². The first-order chi connectivity index (χ1) is 11.6. The monoisotopic (exact) mass is 328 g/mol. The van der Waals surface area contributed by atoms with Crippen molar-refractivity contribution in [2.45, 2.75) is 32.9 Å². The molecule has 2 amide bonds. The Kier molecular flexibility index (Phi) is 6.54. The van der Waals surface area contributed by atoms with Gasteiger partial charge in [-0.3, -0.25) is 4.98 Å². The zero-order chi connectivity index (χ0) is 17.4. The fourth-order valence-corrected chi connectivity index (χ4v) is 2.11. The van der Waals surface area contributed by atoms with Gasteiger partial charge in [0.05, 0.1) is 18.3 Å². The summed E-state index contributed by atoms with van der Waals surface area (Å²) in [7, 11) is 1.76. The molecule has 2 aromatic rings. The first kappa shape index (κ1) is 17.7. The van der Waals surface area contributed by atoms with Crippen LogP contribution in [0.25, 0.3) is 0 Å². The molecule has 0 spiro atoms. The van der Waals surface area contributed by atoms with E-state index < -0.39 is 0 Å². The normalized spacial score (nSPS) is 11.6. The van der Waals surface area contributed by atoms with Gasteiger partial charge in [0.2, 0.25) is 5.88 Å². The van der Waals surface area contributed by atoms with Gasteiger partial charge in [0.15, 0.2) is 0 Å². The lowest BCUT2D eigenvalue weighted by atomic mass is 10.2. The van der Waals surface area contributed by atoms with E-state index in [4.69, 9.17) is 4.74 Å². The molecule has 2 aromatic heterocycles. The van der Waals surface area contributed by atoms with Crippen LogP contribution in [0.15, 0.2) is 42.7 Å². The Bertz CT molecular complexity index is 631. The topological polar surface area (TPSA) is 67.3 Å². The Morgan fingerprint density at radius 1 is 1.29 bits per heavy atom. The van der Waals surface area contributed by atoms with E-state index in [1.165, 1.54) is 0 Å². The summed E-state index contributed by atoms with van der Waals surface area (Å²) in [6.07, 6.45) is 4.39. The van der Waals surface area contributed by atoms with E-state index in [0.717, 1.165) is 17.7 Å². The van der Waals surface area contributed by atoms with Crippen molar-refractivity contribution < 1.29 is 9.53 Å². The predicted octanol–water partition coefficient (Wildman–Crippen LogP) is 3.17. The molecule has 0 aliphatic carbocycles. The number of nitrogens with zero attached hydrogens (tertiary/aromatic N) is 3. The molecule has 0 saturated carbocycles. The van der Waals surface area contributed by atoms with Crippen molar-refractivity contribution in [3.63, 3.8) is 0 Å². The average molecular weight is 328 g/mol. The number of amides is 2. The molecule has 1 unspecified atom stereocenters. The summed E-state index contributed by atoms with van der Waals surface area (Å²) < 4.78 is 5.44. The fraction of sp³-hybridized carbons (Fsp3) is 0.389. The summed E-state index contributed by atoms with van der Waals surface area (Å²) in [4.78, 5) is 22.4. The second kappa shape index (κ2) is 8.86. The SMILES string of the molecule is CCCOc1ccc(CNC(=O)N(C)C(C)c2ccccn2)cn1. The van der Waals surface area contributed by atoms with Gasteiger partial charge in [0.25, 0.3) is 0 Å². The van der Waals surface area contributed by atoms with Crippen molar-refractivity contribution in [3.8, 4) is 5.88 Å². The maximum atomic E-state index is 12.3. The summed E-state index contributed by atoms with van der Waals surface area (Å²) in [5, 5.41) is 2.89. The summed E-state index contributed by atoms with van der Waals surface area (Å²) >= 11 is 0. The molecule has 2 heterocycles. The molecule has 128 valence electrons. The fourth-order valence-electron chi connectivity index (χ4n) is 2.11. The Hall–Kier alpha value is -2.63. The van der Waals surface area contributed by atoms with Crippen LogP contribution in [0.4, 0.5) is 4.79 Å². The van der Waals surface area contributed by atoms with E-state index in [-0.39, 0.29) is 12.1 Å². The summed E-state index contributed by atoms with van der Waals surface area (Å²) in [5.74, 6) is 0.604. The molecule has 6 nitrogen and oxygen atoms in total. The molecule has 0 saturated heterocycles. The Morgan fingerprint density at radius 3 is 2.75 bits per heavy atom. The van der Waals surface area contributed by atoms with Crippen molar-refractivity contribution in [2.24, 2.45) is 0 Å². The third-order valence-electron chi connectivity index (χ3n) is 3.71. The van der Waals surface area contributed by atoms with E-state index >= 15 is 0 Å². The highest BCUT2D eigenvalue weighted by molar-refractivity contribution is 5.74. The number of nitrogens with one attached hydrogen (secondary N) is 1. The molecule has 0 aromatic carbocycles. The molecular formula is C18H24N4O2. The smallest absolute Gasteiger partial charge is 0.317 e. The van der Waals surface area contributed by atoms with Crippen molar-refractivity contribution in [2.75, 3.05) is 13.7 Å². The molecule has 1 N–H and O–H groups in total. The Balaban J connectivity index is 1.85. The zero-order valence-electron chi connectivity index (χ0n) is 14.4. The van der Waals surface area contributed by atoms with Gasteiger partial charge >= 0.3 is 6.03 Å². The van der Waals surface area contributed by atoms with Gasteiger partial charge < -0.3 is 15.0 Å². The van der Waals surface area contributed by atoms with Crippen LogP contribution in [-0.2, 0) is 6.54 Å². The van der Waals surface area contributed by atoms with Crippen LogP contribution in [0.3, 0.4) is 0 Å². The number of urea groups is 1. The van der Waals surface area contributed by atoms with E-state index in [2.05, 4.69) is 15.3 Å². The first-order valence-corrected chi connectivity index (χ1v) is 8.11. The second-order valence-electron chi connectivity index (χ2n) is 5.55.